The summed E-state index contributed by atoms with van der Waals surface area (Å²) in [6.07, 6.45) is 4.26. The molecule has 0 spiro atoms. The maximum atomic E-state index is 14.1. The normalized spacial score (nSPS) is 18.0. The molecule has 0 bridgehead atoms. The van der Waals surface area contributed by atoms with Gasteiger partial charge in [0.2, 0.25) is 12.0 Å². The second kappa shape index (κ2) is 11.2. The molecular weight excluding hydrogens is 488 g/mol. The first-order chi connectivity index (χ1) is 18.0. The molecule has 5 rings (SSSR count). The molecule has 37 heavy (non-hydrogen) atoms. The van der Waals surface area contributed by atoms with Gasteiger partial charge in [0.05, 0.1) is 0 Å². The van der Waals surface area contributed by atoms with Crippen molar-refractivity contribution in [2.45, 2.75) is 57.2 Å². The van der Waals surface area contributed by atoms with E-state index in [0.29, 0.717) is 22.7 Å². The lowest BCUT2D eigenvalue weighted by Gasteiger charge is -2.35. The summed E-state index contributed by atoms with van der Waals surface area (Å²) in [5, 5.41) is 5.11. The number of thiophene rings is 1. The van der Waals surface area contributed by atoms with Gasteiger partial charge in [-0.15, -0.1) is 11.3 Å². The van der Waals surface area contributed by atoms with Crippen LogP contribution in [-0.2, 0) is 9.59 Å². The van der Waals surface area contributed by atoms with E-state index in [1.165, 1.54) is 29.6 Å². The maximum absolute atomic E-state index is 14.1. The standard InChI is InChI=1S/C29H30N2O5S/c1-19(32)20-13-15-22(16-14-20)31(29(34)25-18-35-23-10-5-6-11-24(23)36-25)27(26-12-7-17-37-26)28(33)30-21-8-3-2-4-9-21/h5-7,10-17,21,25,27H,2-4,8-9,18H2,1H3,(H,30,33)/t25-,27-/m1/s1. The summed E-state index contributed by atoms with van der Waals surface area (Å²) < 4.78 is 11.9. The third kappa shape index (κ3) is 5.54. The lowest BCUT2D eigenvalue weighted by molar-refractivity contribution is -0.132. The van der Waals surface area contributed by atoms with Crippen LogP contribution >= 0.6 is 11.3 Å². The number of hydrogen-bond acceptors (Lipinski definition) is 6. The van der Waals surface area contributed by atoms with Crippen LogP contribution in [0.2, 0.25) is 0 Å². The number of nitrogens with one attached hydrogen (secondary N) is 1. The van der Waals surface area contributed by atoms with Gasteiger partial charge >= 0.3 is 0 Å². The molecule has 1 aliphatic heterocycles. The monoisotopic (exact) mass is 518 g/mol. The summed E-state index contributed by atoms with van der Waals surface area (Å²) in [6.45, 7) is 1.52. The van der Waals surface area contributed by atoms with Crippen molar-refractivity contribution in [1.29, 1.82) is 0 Å². The van der Waals surface area contributed by atoms with Crippen molar-refractivity contribution in [2.75, 3.05) is 11.5 Å². The average Bonchev–Trinajstić information content (AvgIpc) is 3.46. The van der Waals surface area contributed by atoms with Crippen molar-refractivity contribution in [3.63, 3.8) is 0 Å². The topological polar surface area (TPSA) is 84.9 Å². The van der Waals surface area contributed by atoms with Crippen molar-refractivity contribution >= 4 is 34.6 Å². The van der Waals surface area contributed by atoms with Crippen molar-refractivity contribution in [2.24, 2.45) is 0 Å². The Morgan fingerprint density at radius 3 is 2.35 bits per heavy atom. The number of ketones is 1. The number of ether oxygens (including phenoxy) is 2. The molecule has 1 aliphatic carbocycles. The summed E-state index contributed by atoms with van der Waals surface area (Å²) in [7, 11) is 0. The third-order valence-corrected chi connectivity index (χ3v) is 7.77. The molecular formula is C29H30N2O5S. The fourth-order valence-corrected chi connectivity index (χ4v) is 5.72. The Balaban J connectivity index is 1.52. The molecule has 7 nitrogen and oxygen atoms in total. The fourth-order valence-electron chi connectivity index (χ4n) is 4.90. The summed E-state index contributed by atoms with van der Waals surface area (Å²) in [5.41, 5.74) is 1.04. The number of Topliss-reactive ketones (excluding diaryl/α,β-unsaturated/α-hetero) is 1. The van der Waals surface area contributed by atoms with E-state index < -0.39 is 12.1 Å². The molecule has 1 saturated carbocycles. The molecule has 3 aromatic rings. The SMILES string of the molecule is CC(=O)c1ccc(N(C(=O)[C@H]2COc3ccccc3O2)[C@@H](C(=O)NC2CCCCC2)c2cccs2)cc1. The number of benzene rings is 2. The second-order valence-corrected chi connectivity index (χ2v) is 10.4. The zero-order chi connectivity index (χ0) is 25.8. The Hall–Kier alpha value is -3.65. The highest BCUT2D eigenvalue weighted by Gasteiger charge is 2.40. The largest absolute Gasteiger partial charge is 0.485 e. The summed E-state index contributed by atoms with van der Waals surface area (Å²) in [5.74, 6) is 0.375. The number of rotatable bonds is 7. The number of anilines is 1. The second-order valence-electron chi connectivity index (χ2n) is 9.44. The van der Waals surface area contributed by atoms with Gasteiger partial charge in [-0.3, -0.25) is 19.3 Å². The first kappa shape index (κ1) is 25.0. The highest BCUT2D eigenvalue weighted by Crippen LogP contribution is 2.35. The fraction of sp³-hybridized carbons (Fsp3) is 0.345. The summed E-state index contributed by atoms with van der Waals surface area (Å²) >= 11 is 1.42. The van der Waals surface area contributed by atoms with E-state index in [-0.39, 0.29) is 30.2 Å². The maximum Gasteiger partial charge on any atom is 0.272 e. The van der Waals surface area contributed by atoms with Crippen molar-refractivity contribution in [1.82, 2.24) is 5.32 Å². The summed E-state index contributed by atoms with van der Waals surface area (Å²) in [4.78, 5) is 42.1. The van der Waals surface area contributed by atoms with Gasteiger partial charge in [0.1, 0.15) is 12.6 Å². The quantitative estimate of drug-likeness (QED) is 0.428. The molecule has 0 radical (unpaired) electrons. The molecule has 2 aromatic carbocycles. The first-order valence-electron chi connectivity index (χ1n) is 12.7. The van der Waals surface area contributed by atoms with Gasteiger partial charge in [-0.1, -0.05) is 37.5 Å². The van der Waals surface area contributed by atoms with Gasteiger partial charge in [-0.25, -0.2) is 0 Å². The van der Waals surface area contributed by atoms with Crippen LogP contribution in [-0.4, -0.2) is 36.4 Å². The van der Waals surface area contributed by atoms with Gasteiger partial charge in [-0.2, -0.15) is 0 Å². The van der Waals surface area contributed by atoms with Gasteiger partial charge in [0, 0.05) is 22.2 Å². The van der Waals surface area contributed by atoms with Crippen LogP contribution in [0.5, 0.6) is 11.5 Å². The molecule has 0 unspecified atom stereocenters. The molecule has 8 heteroatoms. The minimum atomic E-state index is -0.938. The van der Waals surface area contributed by atoms with E-state index in [1.807, 2.05) is 29.6 Å². The Bertz CT molecular complexity index is 1250. The zero-order valence-corrected chi connectivity index (χ0v) is 21.5. The molecule has 1 fully saturated rings. The van der Waals surface area contributed by atoms with Gasteiger partial charge in [0.25, 0.3) is 5.91 Å². The third-order valence-electron chi connectivity index (χ3n) is 6.84. The van der Waals surface area contributed by atoms with Crippen LogP contribution in [0.15, 0.2) is 66.0 Å². The Kier molecular flexibility index (Phi) is 7.55. The molecule has 192 valence electrons. The predicted molar refractivity (Wildman–Crippen MR) is 142 cm³/mol. The molecule has 2 heterocycles. The van der Waals surface area contributed by atoms with Crippen LogP contribution in [0.1, 0.15) is 60.3 Å². The Labute approximate surface area is 220 Å². The van der Waals surface area contributed by atoms with Crippen LogP contribution in [0.25, 0.3) is 0 Å². The number of carbonyl (C=O) groups excluding carboxylic acids is 3. The van der Waals surface area contributed by atoms with E-state index in [0.717, 1.165) is 30.6 Å². The molecule has 2 atom stereocenters. The van der Waals surface area contributed by atoms with Crippen LogP contribution in [0, 0.1) is 0 Å². The number of nitrogens with zero attached hydrogens (tertiary/aromatic N) is 1. The highest BCUT2D eigenvalue weighted by atomic mass is 32.1. The average molecular weight is 519 g/mol. The van der Waals surface area contributed by atoms with E-state index >= 15 is 0 Å². The lowest BCUT2D eigenvalue weighted by Crippen LogP contribution is -2.52. The number of amides is 2. The Morgan fingerprint density at radius 2 is 1.68 bits per heavy atom. The van der Waals surface area contributed by atoms with Crippen LogP contribution in [0.4, 0.5) is 5.69 Å². The lowest BCUT2D eigenvalue weighted by atomic mass is 9.95. The van der Waals surface area contributed by atoms with Gasteiger partial charge in [0.15, 0.2) is 17.3 Å². The van der Waals surface area contributed by atoms with Crippen molar-refractivity contribution in [3.8, 4) is 11.5 Å². The van der Waals surface area contributed by atoms with Gasteiger partial charge < -0.3 is 14.8 Å². The van der Waals surface area contributed by atoms with Crippen molar-refractivity contribution < 1.29 is 23.9 Å². The van der Waals surface area contributed by atoms with E-state index in [9.17, 15) is 14.4 Å². The number of fused-ring (bicyclic) bond motifs is 1. The Morgan fingerprint density at radius 1 is 0.946 bits per heavy atom. The minimum absolute atomic E-state index is 0.0271. The van der Waals surface area contributed by atoms with E-state index in [2.05, 4.69) is 5.32 Å². The van der Waals surface area contributed by atoms with E-state index in [4.69, 9.17) is 9.47 Å². The molecule has 1 N–H and O–H groups in total. The predicted octanol–water partition coefficient (Wildman–Crippen LogP) is 5.31. The highest BCUT2D eigenvalue weighted by molar-refractivity contribution is 7.10. The van der Waals surface area contributed by atoms with E-state index in [1.54, 1.807) is 36.4 Å². The minimum Gasteiger partial charge on any atom is -0.485 e. The number of para-hydroxylation sites is 2. The molecule has 1 aromatic heterocycles. The van der Waals surface area contributed by atoms with Crippen LogP contribution < -0.4 is 19.7 Å². The smallest absolute Gasteiger partial charge is 0.272 e. The zero-order valence-electron chi connectivity index (χ0n) is 20.7. The molecule has 2 aliphatic rings. The van der Waals surface area contributed by atoms with Crippen molar-refractivity contribution in [3.05, 3.63) is 76.5 Å². The first-order valence-corrected chi connectivity index (χ1v) is 13.6. The van der Waals surface area contributed by atoms with Gasteiger partial charge in [-0.05, 0) is 67.6 Å². The summed E-state index contributed by atoms with van der Waals surface area (Å²) in [6, 6.07) is 16.9. The molecule has 0 saturated heterocycles. The molecule has 2 amide bonds. The van der Waals surface area contributed by atoms with Crippen LogP contribution in [0.3, 0.4) is 0 Å². The number of hydrogen-bond donors (Lipinski definition) is 1. The number of carbonyl (C=O) groups is 3.